The number of nitro groups is 1. The normalized spacial score (nSPS) is 15.0. The van der Waals surface area contributed by atoms with E-state index in [1.165, 1.54) is 22.0 Å². The molecule has 0 spiro atoms. The molecule has 1 aromatic heterocycles. The highest BCUT2D eigenvalue weighted by Gasteiger charge is 2.34. The fourth-order valence-corrected chi connectivity index (χ4v) is 5.46. The van der Waals surface area contributed by atoms with E-state index in [4.69, 9.17) is 14.2 Å². The molecule has 0 saturated heterocycles. The summed E-state index contributed by atoms with van der Waals surface area (Å²) >= 11 is 1.17. The highest BCUT2D eigenvalue weighted by Crippen LogP contribution is 2.33. The van der Waals surface area contributed by atoms with Gasteiger partial charge in [0.15, 0.2) is 16.3 Å². The number of benzene rings is 2. The molecule has 10 nitrogen and oxygen atoms in total. The van der Waals surface area contributed by atoms with Crippen LogP contribution in [-0.4, -0.2) is 35.3 Å². The van der Waals surface area contributed by atoms with Crippen molar-refractivity contribution in [3.8, 4) is 11.5 Å². The quantitative estimate of drug-likeness (QED) is 0.225. The molecule has 0 amide bonds. The standard InChI is InChI=1S/C28H29N3O7S/c1-6-36-21-12-10-18(13-22(21)37-7-2)14-23-26(32)30-25(19-11-9-16(4)20(15-19)31(34)35)24(27(33)38-8-3)17(5)29-28(30)39-23/h9-15,25H,6-8H2,1-5H3/b23-14+/t25-/m0/s1. The van der Waals surface area contributed by atoms with Crippen LogP contribution in [-0.2, 0) is 9.53 Å². The molecule has 39 heavy (non-hydrogen) atoms. The van der Waals surface area contributed by atoms with Crippen molar-refractivity contribution in [2.75, 3.05) is 19.8 Å². The smallest absolute Gasteiger partial charge is 0.338 e. The van der Waals surface area contributed by atoms with E-state index in [9.17, 15) is 19.7 Å². The molecule has 1 aliphatic rings. The van der Waals surface area contributed by atoms with Gasteiger partial charge in [-0.05, 0) is 64.0 Å². The molecular weight excluding hydrogens is 522 g/mol. The summed E-state index contributed by atoms with van der Waals surface area (Å²) in [7, 11) is 0. The Labute approximate surface area is 228 Å². The Hall–Kier alpha value is -4.25. The van der Waals surface area contributed by atoms with Gasteiger partial charge in [0.25, 0.3) is 11.2 Å². The number of rotatable bonds is 9. The van der Waals surface area contributed by atoms with Gasteiger partial charge >= 0.3 is 5.97 Å². The summed E-state index contributed by atoms with van der Waals surface area (Å²) < 4.78 is 18.4. The molecule has 11 heteroatoms. The third kappa shape index (κ3) is 5.49. The predicted molar refractivity (Wildman–Crippen MR) is 147 cm³/mol. The maximum absolute atomic E-state index is 13.8. The van der Waals surface area contributed by atoms with Crippen LogP contribution < -0.4 is 24.4 Å². The molecule has 0 fully saturated rings. The lowest BCUT2D eigenvalue weighted by molar-refractivity contribution is -0.385. The van der Waals surface area contributed by atoms with Crippen molar-refractivity contribution in [2.45, 2.75) is 40.7 Å². The lowest BCUT2D eigenvalue weighted by Gasteiger charge is -2.24. The third-order valence-corrected chi connectivity index (χ3v) is 7.11. The van der Waals surface area contributed by atoms with Crippen molar-refractivity contribution in [1.82, 2.24) is 4.57 Å². The third-order valence-electron chi connectivity index (χ3n) is 6.13. The van der Waals surface area contributed by atoms with Crippen LogP contribution in [0.5, 0.6) is 11.5 Å². The largest absolute Gasteiger partial charge is 0.490 e. The van der Waals surface area contributed by atoms with E-state index in [2.05, 4.69) is 4.99 Å². The number of carbonyl (C=O) groups is 1. The number of ether oxygens (including phenoxy) is 3. The summed E-state index contributed by atoms with van der Waals surface area (Å²) in [6.07, 6.45) is 1.72. The van der Waals surface area contributed by atoms with Gasteiger partial charge < -0.3 is 14.2 Å². The van der Waals surface area contributed by atoms with Crippen LogP contribution in [0.1, 0.15) is 50.4 Å². The second-order valence-corrected chi connectivity index (χ2v) is 9.69. The minimum atomic E-state index is -0.943. The van der Waals surface area contributed by atoms with Crippen molar-refractivity contribution < 1.29 is 23.9 Å². The van der Waals surface area contributed by atoms with E-state index in [0.717, 1.165) is 5.56 Å². The van der Waals surface area contributed by atoms with Crippen molar-refractivity contribution >= 4 is 29.1 Å². The maximum atomic E-state index is 13.8. The van der Waals surface area contributed by atoms with E-state index in [0.29, 0.717) is 50.9 Å². The van der Waals surface area contributed by atoms with Gasteiger partial charge in [-0.3, -0.25) is 19.5 Å². The first-order valence-corrected chi connectivity index (χ1v) is 13.4. The number of fused-ring (bicyclic) bond motifs is 1. The second-order valence-electron chi connectivity index (χ2n) is 8.68. The SMILES string of the molecule is CCOC(=O)C1=C(C)N=c2s/c(=C/c3ccc(OCC)c(OCC)c3)c(=O)n2[C@H]1c1ccc(C)c([N+](=O)[O-])c1. The number of nitrogens with zero attached hydrogens (tertiary/aromatic N) is 3. The molecule has 1 atom stereocenters. The molecule has 204 valence electrons. The van der Waals surface area contributed by atoms with Crippen molar-refractivity contribution in [2.24, 2.45) is 4.99 Å². The molecular formula is C28H29N3O7S. The van der Waals surface area contributed by atoms with Crippen molar-refractivity contribution in [3.05, 3.63) is 94.2 Å². The minimum absolute atomic E-state index is 0.106. The Bertz CT molecular complexity index is 1650. The molecule has 0 unspecified atom stereocenters. The minimum Gasteiger partial charge on any atom is -0.490 e. The summed E-state index contributed by atoms with van der Waals surface area (Å²) in [4.78, 5) is 43.0. The Kier molecular flexibility index (Phi) is 8.29. The van der Waals surface area contributed by atoms with E-state index < -0.39 is 16.9 Å². The zero-order chi connectivity index (χ0) is 28.3. The van der Waals surface area contributed by atoms with Gasteiger partial charge in [0.1, 0.15) is 0 Å². The van der Waals surface area contributed by atoms with Gasteiger partial charge in [-0.25, -0.2) is 9.79 Å². The number of aromatic nitrogens is 1. The Morgan fingerprint density at radius 3 is 2.46 bits per heavy atom. The number of hydrogen-bond acceptors (Lipinski definition) is 9. The molecule has 4 rings (SSSR count). The van der Waals surface area contributed by atoms with E-state index in [1.807, 2.05) is 19.9 Å². The second kappa shape index (κ2) is 11.6. The number of aryl methyl sites for hydroxylation is 1. The summed E-state index contributed by atoms with van der Waals surface area (Å²) in [5, 5.41) is 11.7. The molecule has 3 aromatic rings. The Morgan fingerprint density at radius 2 is 1.79 bits per heavy atom. The monoisotopic (exact) mass is 551 g/mol. The van der Waals surface area contributed by atoms with Crippen molar-refractivity contribution in [3.63, 3.8) is 0 Å². The predicted octanol–water partition coefficient (Wildman–Crippen LogP) is 3.81. The van der Waals surface area contributed by atoms with Gasteiger partial charge in [0.05, 0.1) is 46.6 Å². The maximum Gasteiger partial charge on any atom is 0.338 e. The highest BCUT2D eigenvalue weighted by atomic mass is 32.1. The van der Waals surface area contributed by atoms with Crippen LogP contribution in [0.15, 0.2) is 57.5 Å². The first kappa shape index (κ1) is 27.8. The number of nitro benzene ring substituents is 1. The summed E-state index contributed by atoms with van der Waals surface area (Å²) in [6, 6.07) is 9.15. The molecule has 0 saturated carbocycles. The van der Waals surface area contributed by atoms with Crippen LogP contribution in [0, 0.1) is 17.0 Å². The average Bonchev–Trinajstić information content (AvgIpc) is 3.19. The number of thiazole rings is 1. The topological polar surface area (TPSA) is 122 Å². The van der Waals surface area contributed by atoms with E-state index in [-0.39, 0.29) is 23.4 Å². The molecule has 0 aliphatic carbocycles. The fraction of sp³-hybridized carbons (Fsp3) is 0.321. The van der Waals surface area contributed by atoms with Gasteiger partial charge in [-0.1, -0.05) is 29.5 Å². The van der Waals surface area contributed by atoms with Crippen LogP contribution in [0.25, 0.3) is 6.08 Å². The zero-order valence-corrected chi connectivity index (χ0v) is 23.2. The first-order valence-electron chi connectivity index (χ1n) is 12.5. The number of carbonyl (C=O) groups excluding carboxylic acids is 1. The Morgan fingerprint density at radius 1 is 1.08 bits per heavy atom. The van der Waals surface area contributed by atoms with Crippen molar-refractivity contribution in [1.29, 1.82) is 0 Å². The van der Waals surface area contributed by atoms with Gasteiger partial charge in [-0.15, -0.1) is 0 Å². The lowest BCUT2D eigenvalue weighted by Crippen LogP contribution is -2.40. The molecule has 1 aliphatic heterocycles. The lowest BCUT2D eigenvalue weighted by atomic mass is 9.94. The molecule has 2 aromatic carbocycles. The summed E-state index contributed by atoms with van der Waals surface area (Å²) in [6.45, 7) is 9.80. The van der Waals surface area contributed by atoms with E-state index >= 15 is 0 Å². The summed E-state index contributed by atoms with van der Waals surface area (Å²) in [5.74, 6) is 0.536. The van der Waals surface area contributed by atoms with Crippen LogP contribution >= 0.6 is 11.3 Å². The van der Waals surface area contributed by atoms with Crippen LogP contribution in [0.4, 0.5) is 5.69 Å². The molecule has 0 N–H and O–H groups in total. The fourth-order valence-electron chi connectivity index (χ4n) is 4.41. The van der Waals surface area contributed by atoms with Crippen LogP contribution in [0.3, 0.4) is 0 Å². The zero-order valence-electron chi connectivity index (χ0n) is 22.3. The number of allylic oxidation sites excluding steroid dienone is 1. The number of hydrogen-bond donors (Lipinski definition) is 0. The average molecular weight is 552 g/mol. The highest BCUT2D eigenvalue weighted by molar-refractivity contribution is 7.07. The van der Waals surface area contributed by atoms with Crippen LogP contribution in [0.2, 0.25) is 0 Å². The number of esters is 1. The summed E-state index contributed by atoms with van der Waals surface area (Å²) in [5.41, 5.74) is 1.66. The van der Waals surface area contributed by atoms with Gasteiger partial charge in [0, 0.05) is 11.6 Å². The molecule has 0 radical (unpaired) electrons. The van der Waals surface area contributed by atoms with Gasteiger partial charge in [0.2, 0.25) is 0 Å². The van der Waals surface area contributed by atoms with E-state index in [1.54, 1.807) is 51.1 Å². The molecule has 0 bridgehead atoms. The molecule has 2 heterocycles. The first-order chi connectivity index (χ1) is 18.7. The van der Waals surface area contributed by atoms with Gasteiger partial charge in [-0.2, -0.15) is 0 Å². The Balaban J connectivity index is 1.93.